The number of aliphatic hydroxyl groups is 1. The maximum Gasteiger partial charge on any atom is 0.414 e. The molecule has 2 aliphatic rings. The van der Waals surface area contributed by atoms with Gasteiger partial charge < -0.3 is 15.2 Å². The maximum atomic E-state index is 12.4. The van der Waals surface area contributed by atoms with Crippen molar-refractivity contribution in [3.8, 4) is 0 Å². The van der Waals surface area contributed by atoms with E-state index in [0.717, 1.165) is 24.3 Å². The number of hydrogen-bond donors (Lipinski definition) is 2. The van der Waals surface area contributed by atoms with Gasteiger partial charge in [-0.3, -0.25) is 14.6 Å². The van der Waals surface area contributed by atoms with E-state index >= 15 is 0 Å². The zero-order valence-electron chi connectivity index (χ0n) is 17.4. The zero-order valence-corrected chi connectivity index (χ0v) is 18.1. The van der Waals surface area contributed by atoms with Gasteiger partial charge in [-0.15, -0.1) is 0 Å². The van der Waals surface area contributed by atoms with E-state index < -0.39 is 5.60 Å². The molecule has 2 heterocycles. The molecule has 2 aromatic rings. The van der Waals surface area contributed by atoms with E-state index in [9.17, 15) is 14.7 Å². The molecule has 2 aliphatic heterocycles. The van der Waals surface area contributed by atoms with Gasteiger partial charge in [-0.1, -0.05) is 23.7 Å². The summed E-state index contributed by atoms with van der Waals surface area (Å²) in [5.74, 6) is -0.141. The Morgan fingerprint density at radius 3 is 2.42 bits per heavy atom. The highest BCUT2D eigenvalue weighted by molar-refractivity contribution is 6.30. The number of benzene rings is 2. The number of ether oxygens (including phenoxy) is 1. The number of carbonyl (C=O) groups excluding carboxylic acids is 2. The van der Waals surface area contributed by atoms with E-state index in [1.807, 2.05) is 12.1 Å². The van der Waals surface area contributed by atoms with Gasteiger partial charge in [0.1, 0.15) is 6.10 Å². The first-order valence-corrected chi connectivity index (χ1v) is 10.8. The molecule has 2 N–H and O–H groups in total. The third kappa shape index (κ3) is 5.01. The van der Waals surface area contributed by atoms with Gasteiger partial charge in [-0.05, 0) is 54.8 Å². The van der Waals surface area contributed by atoms with Crippen molar-refractivity contribution in [1.82, 2.24) is 4.90 Å². The molecular formula is C23H26ClN3O4. The molecule has 2 aromatic carbocycles. The van der Waals surface area contributed by atoms with Gasteiger partial charge in [0, 0.05) is 43.0 Å². The van der Waals surface area contributed by atoms with E-state index in [1.54, 1.807) is 41.3 Å². The topological polar surface area (TPSA) is 82.1 Å². The highest BCUT2D eigenvalue weighted by Gasteiger charge is 2.37. The van der Waals surface area contributed by atoms with Crippen LogP contribution >= 0.6 is 11.6 Å². The van der Waals surface area contributed by atoms with Crippen molar-refractivity contribution in [3.63, 3.8) is 0 Å². The molecule has 2 fully saturated rings. The van der Waals surface area contributed by atoms with Gasteiger partial charge in [0.2, 0.25) is 5.91 Å². The lowest BCUT2D eigenvalue weighted by Gasteiger charge is -2.39. The molecule has 0 spiro atoms. The van der Waals surface area contributed by atoms with Crippen LogP contribution in [0.5, 0.6) is 0 Å². The molecule has 31 heavy (non-hydrogen) atoms. The van der Waals surface area contributed by atoms with Crippen LogP contribution in [0.4, 0.5) is 16.2 Å². The Labute approximate surface area is 186 Å². The number of likely N-dealkylation sites (tertiary alicyclic amines) is 1. The van der Waals surface area contributed by atoms with Crippen molar-refractivity contribution in [2.45, 2.75) is 31.5 Å². The summed E-state index contributed by atoms with van der Waals surface area (Å²) >= 11 is 5.96. The van der Waals surface area contributed by atoms with Gasteiger partial charge in [0.05, 0.1) is 12.1 Å². The van der Waals surface area contributed by atoms with Gasteiger partial charge in [0.15, 0.2) is 0 Å². The normalized spacial score (nSPS) is 21.1. The van der Waals surface area contributed by atoms with E-state index in [4.69, 9.17) is 16.3 Å². The Bertz CT molecular complexity index is 940. The van der Waals surface area contributed by atoms with Crippen LogP contribution in [0, 0.1) is 0 Å². The lowest BCUT2D eigenvalue weighted by atomic mass is 9.84. The number of rotatable bonds is 5. The van der Waals surface area contributed by atoms with Crippen LogP contribution < -0.4 is 10.2 Å². The molecule has 164 valence electrons. The fourth-order valence-corrected chi connectivity index (χ4v) is 4.32. The Hall–Kier alpha value is -2.61. The highest BCUT2D eigenvalue weighted by Crippen LogP contribution is 2.34. The average Bonchev–Trinajstić information content (AvgIpc) is 3.10. The van der Waals surface area contributed by atoms with Crippen LogP contribution in [0.15, 0.2) is 48.5 Å². The summed E-state index contributed by atoms with van der Waals surface area (Å²) in [4.78, 5) is 27.4. The fraction of sp³-hybridized carbons (Fsp3) is 0.391. The van der Waals surface area contributed by atoms with Crippen LogP contribution in [0.1, 0.15) is 25.3 Å². The summed E-state index contributed by atoms with van der Waals surface area (Å²) in [6.07, 6.45) is 0.629. The number of hydrogen-bond acceptors (Lipinski definition) is 5. The molecule has 0 bridgehead atoms. The quantitative estimate of drug-likeness (QED) is 0.737. The monoisotopic (exact) mass is 443 g/mol. The second-order valence-electron chi connectivity index (χ2n) is 8.18. The predicted octanol–water partition coefficient (Wildman–Crippen LogP) is 3.61. The van der Waals surface area contributed by atoms with Crippen LogP contribution in [0.25, 0.3) is 0 Å². The van der Waals surface area contributed by atoms with Crippen LogP contribution in [-0.2, 0) is 15.1 Å². The number of nitrogens with zero attached hydrogens (tertiary/aromatic N) is 2. The van der Waals surface area contributed by atoms with Gasteiger partial charge in [0.25, 0.3) is 0 Å². The molecule has 1 atom stereocenters. The molecule has 2 saturated heterocycles. The minimum Gasteiger partial charge on any atom is -0.443 e. The molecule has 1 unspecified atom stereocenters. The van der Waals surface area contributed by atoms with Crippen molar-refractivity contribution < 1.29 is 19.4 Å². The summed E-state index contributed by atoms with van der Waals surface area (Å²) in [6.45, 7) is 3.99. The number of nitrogens with one attached hydrogen (secondary N) is 1. The minimum absolute atomic E-state index is 0.141. The van der Waals surface area contributed by atoms with Gasteiger partial charge >= 0.3 is 6.09 Å². The summed E-state index contributed by atoms with van der Waals surface area (Å²) in [7, 11) is 0. The van der Waals surface area contributed by atoms with E-state index in [0.29, 0.717) is 36.6 Å². The molecule has 0 saturated carbocycles. The molecule has 0 radical (unpaired) electrons. The van der Waals surface area contributed by atoms with Gasteiger partial charge in [-0.25, -0.2) is 4.79 Å². The SMILES string of the molecule is CC(=O)Nc1ccc(N2CC(CN3CCC(O)(c4ccc(Cl)cc4)CC3)OC2=O)cc1. The third-order valence-corrected chi connectivity index (χ3v) is 6.15. The molecule has 0 aromatic heterocycles. The van der Waals surface area contributed by atoms with Crippen LogP contribution in [-0.4, -0.2) is 54.3 Å². The summed E-state index contributed by atoms with van der Waals surface area (Å²) in [6, 6.07) is 14.5. The number of piperidine rings is 1. The number of amides is 2. The third-order valence-electron chi connectivity index (χ3n) is 5.90. The number of anilines is 2. The number of cyclic esters (lactones) is 1. The maximum absolute atomic E-state index is 12.4. The smallest absolute Gasteiger partial charge is 0.414 e. The number of carbonyl (C=O) groups is 2. The van der Waals surface area contributed by atoms with E-state index in [-0.39, 0.29) is 18.1 Å². The number of halogens is 1. The Morgan fingerprint density at radius 1 is 1.16 bits per heavy atom. The zero-order chi connectivity index (χ0) is 22.0. The van der Waals surface area contributed by atoms with Crippen molar-refractivity contribution in [2.24, 2.45) is 0 Å². The highest BCUT2D eigenvalue weighted by atomic mass is 35.5. The standard InChI is InChI=1S/C23H26ClN3O4/c1-16(28)25-19-6-8-20(9-7-19)27-15-21(31-22(27)29)14-26-12-10-23(30,11-13-26)17-2-4-18(24)5-3-17/h2-9,21,30H,10-15H2,1H3,(H,25,28). The predicted molar refractivity (Wildman–Crippen MR) is 119 cm³/mol. The molecule has 4 rings (SSSR count). The van der Waals surface area contributed by atoms with Gasteiger partial charge in [-0.2, -0.15) is 0 Å². The molecular weight excluding hydrogens is 418 g/mol. The second-order valence-corrected chi connectivity index (χ2v) is 8.62. The second kappa shape index (κ2) is 8.86. The molecule has 2 amide bonds. The minimum atomic E-state index is -0.852. The Morgan fingerprint density at radius 2 is 1.81 bits per heavy atom. The Balaban J connectivity index is 1.31. The first-order chi connectivity index (χ1) is 14.8. The summed E-state index contributed by atoms with van der Waals surface area (Å²) in [5.41, 5.74) is 1.45. The van der Waals surface area contributed by atoms with Crippen LogP contribution in [0.2, 0.25) is 5.02 Å². The molecule has 7 nitrogen and oxygen atoms in total. The molecule has 8 heteroatoms. The first kappa shape index (κ1) is 21.6. The lowest BCUT2D eigenvalue weighted by Crippen LogP contribution is -2.45. The van der Waals surface area contributed by atoms with E-state index in [2.05, 4.69) is 10.2 Å². The average molecular weight is 444 g/mol. The first-order valence-electron chi connectivity index (χ1n) is 10.4. The fourth-order valence-electron chi connectivity index (χ4n) is 4.20. The van der Waals surface area contributed by atoms with Crippen molar-refractivity contribution in [1.29, 1.82) is 0 Å². The largest absolute Gasteiger partial charge is 0.443 e. The van der Waals surface area contributed by atoms with Crippen molar-refractivity contribution in [2.75, 3.05) is 36.4 Å². The molecule has 0 aliphatic carbocycles. The Kier molecular flexibility index (Phi) is 6.18. The van der Waals surface area contributed by atoms with Crippen molar-refractivity contribution in [3.05, 3.63) is 59.1 Å². The van der Waals surface area contributed by atoms with Crippen LogP contribution in [0.3, 0.4) is 0 Å². The summed E-state index contributed by atoms with van der Waals surface area (Å²) < 4.78 is 5.57. The summed E-state index contributed by atoms with van der Waals surface area (Å²) in [5, 5.41) is 14.4. The van der Waals surface area contributed by atoms with Crippen molar-refractivity contribution >= 4 is 35.0 Å². The lowest BCUT2D eigenvalue weighted by molar-refractivity contribution is -0.114. The van der Waals surface area contributed by atoms with E-state index in [1.165, 1.54) is 6.92 Å².